The molecule has 7 nitrogen and oxygen atoms in total. The minimum atomic E-state index is -3.91. The molecule has 1 atom stereocenters. The molecule has 152 valence electrons. The third-order valence-corrected chi connectivity index (χ3v) is 6.45. The quantitative estimate of drug-likeness (QED) is 0.392. The largest absolute Gasteiger partial charge is 0.379 e. The molecule has 0 spiro atoms. The van der Waals surface area contributed by atoms with E-state index >= 15 is 0 Å². The highest BCUT2D eigenvalue weighted by atomic mass is 32.2. The van der Waals surface area contributed by atoms with Gasteiger partial charge < -0.3 is 9.50 Å². The Labute approximate surface area is 174 Å². The van der Waals surface area contributed by atoms with Gasteiger partial charge in [-0.1, -0.05) is 61.9 Å². The monoisotopic (exact) mass is 431 g/mol. The van der Waals surface area contributed by atoms with Crippen LogP contribution in [0.2, 0.25) is 0 Å². The number of rotatable bonds is 8. The van der Waals surface area contributed by atoms with Crippen LogP contribution >= 0.6 is 11.8 Å². The molecule has 1 amide bonds. The standard InChI is InChI=1S/C20H21N3O4S2/c1-2-3-12-18-19(24)22-20(28-18)23-21-14-15-8-7-9-16(13-15)27-29(25,26)17-10-5-4-6-11-17/h4-11,13-14,18H,2-3,12H2,1H3,(H,22,23,24)/b21-14-/t18-/m1/s1. The Morgan fingerprint density at radius 1 is 1.17 bits per heavy atom. The lowest BCUT2D eigenvalue weighted by molar-refractivity contribution is -0.118. The zero-order valence-corrected chi connectivity index (χ0v) is 17.4. The van der Waals surface area contributed by atoms with Crippen LogP contribution in [-0.2, 0) is 14.9 Å². The van der Waals surface area contributed by atoms with E-state index in [0.29, 0.717) is 10.7 Å². The normalized spacial score (nSPS) is 18.3. The minimum Gasteiger partial charge on any atom is -0.379 e. The molecule has 1 aliphatic heterocycles. The first-order valence-corrected chi connectivity index (χ1v) is 11.4. The molecular weight excluding hydrogens is 410 g/mol. The number of carbonyl (C=O) groups excluding carboxylic acids is 1. The Bertz CT molecular complexity index is 1020. The number of hydrogen-bond donors (Lipinski definition) is 1. The highest BCUT2D eigenvalue weighted by molar-refractivity contribution is 8.15. The summed E-state index contributed by atoms with van der Waals surface area (Å²) in [6.45, 7) is 2.08. The highest BCUT2D eigenvalue weighted by Gasteiger charge is 2.29. The van der Waals surface area contributed by atoms with Gasteiger partial charge in [-0.25, -0.2) is 0 Å². The summed E-state index contributed by atoms with van der Waals surface area (Å²) in [5.74, 6) is 0.132. The van der Waals surface area contributed by atoms with Crippen LogP contribution in [0.15, 0.2) is 69.7 Å². The van der Waals surface area contributed by atoms with E-state index in [0.717, 1.165) is 19.3 Å². The molecule has 1 heterocycles. The van der Waals surface area contributed by atoms with Gasteiger partial charge in [0.1, 0.15) is 10.6 Å². The van der Waals surface area contributed by atoms with E-state index in [1.54, 1.807) is 42.5 Å². The number of nitrogens with one attached hydrogen (secondary N) is 1. The molecule has 1 aliphatic rings. The summed E-state index contributed by atoms with van der Waals surface area (Å²) in [7, 11) is -3.91. The summed E-state index contributed by atoms with van der Waals surface area (Å²) in [5, 5.41) is 11.1. The van der Waals surface area contributed by atoms with E-state index in [1.807, 2.05) is 0 Å². The molecule has 0 bridgehead atoms. The van der Waals surface area contributed by atoms with Crippen molar-refractivity contribution in [2.75, 3.05) is 0 Å². The second kappa shape index (κ2) is 9.71. The van der Waals surface area contributed by atoms with Crippen molar-refractivity contribution >= 4 is 39.2 Å². The van der Waals surface area contributed by atoms with Gasteiger partial charge in [0.25, 0.3) is 0 Å². The summed E-state index contributed by atoms with van der Waals surface area (Å²) < 4.78 is 29.8. The van der Waals surface area contributed by atoms with E-state index in [-0.39, 0.29) is 21.8 Å². The van der Waals surface area contributed by atoms with Gasteiger partial charge in [-0.05, 0) is 36.2 Å². The lowest BCUT2D eigenvalue weighted by atomic mass is 10.2. The average molecular weight is 432 g/mol. The summed E-state index contributed by atoms with van der Waals surface area (Å²) in [6.07, 6.45) is 4.31. The first-order valence-electron chi connectivity index (χ1n) is 9.16. The summed E-state index contributed by atoms with van der Waals surface area (Å²) in [5.41, 5.74) is 0.618. The third-order valence-electron chi connectivity index (χ3n) is 4.05. The van der Waals surface area contributed by atoms with Crippen LogP contribution in [0.4, 0.5) is 0 Å². The molecule has 2 aromatic rings. The fraction of sp³-hybridized carbons (Fsp3) is 0.250. The van der Waals surface area contributed by atoms with E-state index < -0.39 is 10.1 Å². The maximum absolute atomic E-state index is 12.3. The lowest BCUT2D eigenvalue weighted by Crippen LogP contribution is -2.24. The average Bonchev–Trinajstić information content (AvgIpc) is 3.06. The number of unbranched alkanes of at least 4 members (excludes halogenated alkanes) is 1. The van der Waals surface area contributed by atoms with Crippen LogP contribution in [0.3, 0.4) is 0 Å². The number of amides is 1. The van der Waals surface area contributed by atoms with Crippen molar-refractivity contribution in [2.45, 2.75) is 36.3 Å². The van der Waals surface area contributed by atoms with Gasteiger partial charge in [-0.3, -0.25) is 4.79 Å². The molecule has 29 heavy (non-hydrogen) atoms. The molecule has 1 N–H and O–H groups in total. The second-order valence-corrected chi connectivity index (χ2v) is 9.05. The highest BCUT2D eigenvalue weighted by Crippen LogP contribution is 2.24. The molecule has 3 rings (SSSR count). The minimum absolute atomic E-state index is 0.0427. The first kappa shape index (κ1) is 21.1. The number of carbonyl (C=O) groups is 1. The Morgan fingerprint density at radius 2 is 1.97 bits per heavy atom. The second-order valence-electron chi connectivity index (χ2n) is 6.31. The maximum Gasteiger partial charge on any atom is 0.339 e. The van der Waals surface area contributed by atoms with Crippen LogP contribution in [0, 0.1) is 0 Å². The van der Waals surface area contributed by atoms with Crippen LogP contribution in [-0.4, -0.2) is 31.0 Å². The van der Waals surface area contributed by atoms with Crippen LogP contribution in [0.1, 0.15) is 31.7 Å². The van der Waals surface area contributed by atoms with Gasteiger partial charge in [0.2, 0.25) is 5.91 Å². The number of benzene rings is 2. The molecule has 0 unspecified atom stereocenters. The number of thioether (sulfide) groups is 1. The van der Waals surface area contributed by atoms with Crippen molar-refractivity contribution in [2.24, 2.45) is 10.2 Å². The SMILES string of the molecule is CCCC[C@H]1S/C(=N\N=C/c2cccc(OS(=O)(=O)c3ccccc3)c2)NC1=O. The Morgan fingerprint density at radius 3 is 2.72 bits per heavy atom. The zero-order valence-electron chi connectivity index (χ0n) is 15.8. The van der Waals surface area contributed by atoms with E-state index in [2.05, 4.69) is 22.4 Å². The zero-order chi connectivity index (χ0) is 20.7. The molecule has 2 aromatic carbocycles. The van der Waals surface area contributed by atoms with Gasteiger partial charge in [0.05, 0.1) is 11.5 Å². The predicted octanol–water partition coefficient (Wildman–Crippen LogP) is 3.57. The molecular formula is C20H21N3O4S2. The molecule has 1 saturated heterocycles. The fourth-order valence-corrected chi connectivity index (χ4v) is 4.51. The summed E-state index contributed by atoms with van der Waals surface area (Å²) in [6, 6.07) is 14.4. The third kappa shape index (κ3) is 5.91. The van der Waals surface area contributed by atoms with Crippen molar-refractivity contribution in [3.8, 4) is 5.75 Å². The lowest BCUT2D eigenvalue weighted by Gasteiger charge is -2.07. The van der Waals surface area contributed by atoms with Gasteiger partial charge in [-0.2, -0.15) is 13.5 Å². The first-order chi connectivity index (χ1) is 14.0. The van der Waals surface area contributed by atoms with Crippen molar-refractivity contribution in [1.82, 2.24) is 5.32 Å². The summed E-state index contributed by atoms with van der Waals surface area (Å²) in [4.78, 5) is 12.0. The molecule has 9 heteroatoms. The van der Waals surface area contributed by atoms with Crippen LogP contribution in [0.25, 0.3) is 0 Å². The maximum atomic E-state index is 12.3. The van der Waals surface area contributed by atoms with E-state index in [4.69, 9.17) is 4.18 Å². The molecule has 0 radical (unpaired) electrons. The van der Waals surface area contributed by atoms with Gasteiger partial charge in [-0.15, -0.1) is 5.10 Å². The van der Waals surface area contributed by atoms with Crippen molar-refractivity contribution < 1.29 is 17.4 Å². The number of hydrogen-bond acceptors (Lipinski definition) is 7. The van der Waals surface area contributed by atoms with Crippen LogP contribution < -0.4 is 9.50 Å². The number of amidine groups is 1. The summed E-state index contributed by atoms with van der Waals surface area (Å²) >= 11 is 1.37. The topological polar surface area (TPSA) is 97.2 Å². The molecule has 0 saturated carbocycles. The van der Waals surface area contributed by atoms with Gasteiger partial charge in [0, 0.05) is 0 Å². The Kier molecular flexibility index (Phi) is 7.05. The van der Waals surface area contributed by atoms with Crippen molar-refractivity contribution in [3.05, 3.63) is 60.2 Å². The van der Waals surface area contributed by atoms with Gasteiger partial charge in [0.15, 0.2) is 5.17 Å². The van der Waals surface area contributed by atoms with E-state index in [1.165, 1.54) is 30.1 Å². The number of nitrogens with zero attached hydrogens (tertiary/aromatic N) is 2. The fourth-order valence-electron chi connectivity index (χ4n) is 2.59. The van der Waals surface area contributed by atoms with Gasteiger partial charge >= 0.3 is 10.1 Å². The molecule has 0 aliphatic carbocycles. The Balaban J connectivity index is 1.65. The van der Waals surface area contributed by atoms with Crippen molar-refractivity contribution in [1.29, 1.82) is 0 Å². The molecule has 1 fully saturated rings. The molecule has 0 aromatic heterocycles. The van der Waals surface area contributed by atoms with E-state index in [9.17, 15) is 13.2 Å². The predicted molar refractivity (Wildman–Crippen MR) is 115 cm³/mol. The van der Waals surface area contributed by atoms with Crippen molar-refractivity contribution in [3.63, 3.8) is 0 Å². The van der Waals surface area contributed by atoms with Crippen LogP contribution in [0.5, 0.6) is 5.75 Å². The smallest absolute Gasteiger partial charge is 0.339 e. The Hall–Kier alpha value is -2.65.